The summed E-state index contributed by atoms with van der Waals surface area (Å²) in [5, 5.41) is 4.80. The van der Waals surface area contributed by atoms with Crippen molar-refractivity contribution in [3.05, 3.63) is 52.2 Å². The fourth-order valence-electron chi connectivity index (χ4n) is 1.68. The number of benzene rings is 1. The molecule has 0 aliphatic heterocycles. The van der Waals surface area contributed by atoms with Gasteiger partial charge in [-0.15, -0.1) is 23.1 Å². The first-order valence-electron chi connectivity index (χ1n) is 6.27. The van der Waals surface area contributed by atoms with Crippen LogP contribution < -0.4 is 5.32 Å². The van der Waals surface area contributed by atoms with Crippen LogP contribution in [0.2, 0.25) is 0 Å². The Kier molecular flexibility index (Phi) is 5.83. The van der Waals surface area contributed by atoms with E-state index >= 15 is 0 Å². The minimum absolute atomic E-state index is 0.0847. The third-order valence-corrected chi connectivity index (χ3v) is 4.67. The molecule has 1 heterocycles. The summed E-state index contributed by atoms with van der Waals surface area (Å²) < 4.78 is 4.65. The lowest BCUT2D eigenvalue weighted by molar-refractivity contribution is -0.113. The molecule has 0 fully saturated rings. The van der Waals surface area contributed by atoms with Crippen LogP contribution in [-0.2, 0) is 15.3 Å². The van der Waals surface area contributed by atoms with E-state index in [0.717, 1.165) is 5.75 Å². The first-order valence-corrected chi connectivity index (χ1v) is 8.31. The summed E-state index contributed by atoms with van der Waals surface area (Å²) in [6, 6.07) is 10.8. The highest BCUT2D eigenvalue weighted by molar-refractivity contribution is 7.99. The number of anilines is 1. The van der Waals surface area contributed by atoms with Gasteiger partial charge in [0.05, 0.1) is 18.4 Å². The average molecular weight is 321 g/mol. The molecule has 0 atom stereocenters. The lowest BCUT2D eigenvalue weighted by Gasteiger charge is -2.06. The topological polar surface area (TPSA) is 55.4 Å². The third kappa shape index (κ3) is 4.91. The molecule has 1 aromatic carbocycles. The van der Waals surface area contributed by atoms with Gasteiger partial charge in [-0.25, -0.2) is 4.79 Å². The van der Waals surface area contributed by atoms with E-state index in [1.54, 1.807) is 47.4 Å². The van der Waals surface area contributed by atoms with E-state index in [9.17, 15) is 9.59 Å². The van der Waals surface area contributed by atoms with Gasteiger partial charge in [0.15, 0.2) is 0 Å². The summed E-state index contributed by atoms with van der Waals surface area (Å²) in [6.45, 7) is 0. The van der Waals surface area contributed by atoms with Gasteiger partial charge in [-0.3, -0.25) is 4.79 Å². The van der Waals surface area contributed by atoms with Crippen LogP contribution in [0.25, 0.3) is 0 Å². The number of hydrogen-bond donors (Lipinski definition) is 1. The van der Waals surface area contributed by atoms with E-state index in [0.29, 0.717) is 17.0 Å². The highest BCUT2D eigenvalue weighted by Crippen LogP contribution is 2.17. The molecule has 0 bridgehead atoms. The normalized spacial score (nSPS) is 10.1. The average Bonchev–Trinajstić information content (AvgIpc) is 3.00. The molecule has 0 saturated heterocycles. The Labute approximate surface area is 131 Å². The fourth-order valence-corrected chi connectivity index (χ4v) is 3.35. The van der Waals surface area contributed by atoms with Gasteiger partial charge >= 0.3 is 5.97 Å². The number of thiophene rings is 1. The number of ether oxygens (including phenoxy) is 1. The van der Waals surface area contributed by atoms with Crippen LogP contribution in [0.3, 0.4) is 0 Å². The molecule has 0 aliphatic carbocycles. The second kappa shape index (κ2) is 7.85. The predicted octanol–water partition coefficient (Wildman–Crippen LogP) is 3.41. The Morgan fingerprint density at radius 1 is 1.29 bits per heavy atom. The smallest absolute Gasteiger partial charge is 0.337 e. The summed E-state index contributed by atoms with van der Waals surface area (Å²) in [5.74, 6) is 0.699. The monoisotopic (exact) mass is 321 g/mol. The molecule has 6 heteroatoms. The molecule has 1 amide bonds. The molecule has 1 N–H and O–H groups in total. The van der Waals surface area contributed by atoms with Crippen molar-refractivity contribution in [3.63, 3.8) is 0 Å². The van der Waals surface area contributed by atoms with Gasteiger partial charge in [0.1, 0.15) is 0 Å². The van der Waals surface area contributed by atoms with E-state index in [4.69, 9.17) is 0 Å². The van der Waals surface area contributed by atoms with Crippen LogP contribution in [0.5, 0.6) is 0 Å². The molecule has 2 rings (SSSR count). The Bertz CT molecular complexity index is 611. The van der Waals surface area contributed by atoms with Gasteiger partial charge in [0.25, 0.3) is 0 Å². The molecule has 0 unspecified atom stereocenters. The maximum absolute atomic E-state index is 11.8. The standard InChI is InChI=1S/C15H15NO3S2/c1-19-15(18)11-4-2-5-12(8-11)16-14(17)10-20-9-13-6-3-7-21-13/h2-8H,9-10H2,1H3,(H,16,17). The maximum atomic E-state index is 11.8. The van der Waals surface area contributed by atoms with Gasteiger partial charge in [-0.05, 0) is 29.6 Å². The number of thioether (sulfide) groups is 1. The molecule has 0 spiro atoms. The van der Waals surface area contributed by atoms with Gasteiger partial charge in [-0.2, -0.15) is 0 Å². The van der Waals surface area contributed by atoms with Crippen molar-refractivity contribution in [1.29, 1.82) is 0 Å². The Morgan fingerprint density at radius 3 is 2.86 bits per heavy atom. The molecule has 21 heavy (non-hydrogen) atoms. The summed E-state index contributed by atoms with van der Waals surface area (Å²) in [7, 11) is 1.33. The Morgan fingerprint density at radius 2 is 2.14 bits per heavy atom. The van der Waals surface area contributed by atoms with E-state index in [1.165, 1.54) is 12.0 Å². The number of amides is 1. The molecule has 0 radical (unpaired) electrons. The van der Waals surface area contributed by atoms with E-state index < -0.39 is 5.97 Å². The summed E-state index contributed by atoms with van der Waals surface area (Å²) >= 11 is 3.24. The van der Waals surface area contributed by atoms with Crippen LogP contribution in [0.4, 0.5) is 5.69 Å². The molecular weight excluding hydrogens is 306 g/mol. The van der Waals surface area contributed by atoms with Crippen molar-refractivity contribution in [3.8, 4) is 0 Å². The maximum Gasteiger partial charge on any atom is 0.337 e. The lowest BCUT2D eigenvalue weighted by Crippen LogP contribution is -2.14. The molecular formula is C15H15NO3S2. The van der Waals surface area contributed by atoms with Crippen molar-refractivity contribution in [1.82, 2.24) is 0 Å². The molecule has 110 valence electrons. The van der Waals surface area contributed by atoms with E-state index in [-0.39, 0.29) is 5.91 Å². The summed E-state index contributed by atoms with van der Waals surface area (Å²) in [6.07, 6.45) is 0. The minimum Gasteiger partial charge on any atom is -0.465 e. The number of rotatable bonds is 6. The van der Waals surface area contributed by atoms with Gasteiger partial charge in [0, 0.05) is 16.3 Å². The molecule has 2 aromatic rings. The van der Waals surface area contributed by atoms with Crippen molar-refractivity contribution in [2.75, 3.05) is 18.2 Å². The Hall–Kier alpha value is -1.79. The van der Waals surface area contributed by atoms with Crippen molar-refractivity contribution >= 4 is 40.7 Å². The third-order valence-electron chi connectivity index (χ3n) is 2.63. The number of hydrogen-bond acceptors (Lipinski definition) is 5. The molecule has 4 nitrogen and oxygen atoms in total. The van der Waals surface area contributed by atoms with E-state index in [2.05, 4.69) is 16.1 Å². The summed E-state index contributed by atoms with van der Waals surface area (Å²) in [4.78, 5) is 24.5. The number of methoxy groups -OCH3 is 1. The van der Waals surface area contributed by atoms with Crippen LogP contribution in [0.15, 0.2) is 41.8 Å². The predicted molar refractivity (Wildman–Crippen MR) is 86.9 cm³/mol. The first kappa shape index (κ1) is 15.6. The molecule has 0 saturated carbocycles. The van der Waals surface area contributed by atoms with Gasteiger partial charge in [0.2, 0.25) is 5.91 Å². The van der Waals surface area contributed by atoms with Gasteiger partial charge < -0.3 is 10.1 Å². The number of carbonyl (C=O) groups is 2. The lowest BCUT2D eigenvalue weighted by atomic mass is 10.2. The first-order chi connectivity index (χ1) is 10.2. The highest BCUT2D eigenvalue weighted by atomic mass is 32.2. The zero-order valence-electron chi connectivity index (χ0n) is 11.5. The van der Waals surface area contributed by atoms with Crippen molar-refractivity contribution < 1.29 is 14.3 Å². The zero-order valence-corrected chi connectivity index (χ0v) is 13.1. The fraction of sp³-hybridized carbons (Fsp3) is 0.200. The number of carbonyl (C=O) groups excluding carboxylic acids is 2. The van der Waals surface area contributed by atoms with Crippen molar-refractivity contribution in [2.45, 2.75) is 5.75 Å². The zero-order chi connectivity index (χ0) is 15.1. The second-order valence-electron chi connectivity index (χ2n) is 4.19. The highest BCUT2D eigenvalue weighted by Gasteiger charge is 2.08. The second-order valence-corrected chi connectivity index (χ2v) is 6.21. The summed E-state index contributed by atoms with van der Waals surface area (Å²) in [5.41, 5.74) is 1.01. The molecule has 0 aliphatic rings. The number of nitrogens with one attached hydrogen (secondary N) is 1. The van der Waals surface area contributed by atoms with Crippen LogP contribution in [-0.4, -0.2) is 24.7 Å². The van der Waals surface area contributed by atoms with Crippen LogP contribution >= 0.6 is 23.1 Å². The van der Waals surface area contributed by atoms with E-state index in [1.807, 2.05) is 11.4 Å². The van der Waals surface area contributed by atoms with Crippen molar-refractivity contribution in [2.24, 2.45) is 0 Å². The largest absolute Gasteiger partial charge is 0.465 e. The minimum atomic E-state index is -0.418. The molecule has 1 aromatic heterocycles. The number of esters is 1. The Balaban J connectivity index is 1.83. The van der Waals surface area contributed by atoms with Gasteiger partial charge in [-0.1, -0.05) is 12.1 Å². The van der Waals surface area contributed by atoms with Crippen LogP contribution in [0.1, 0.15) is 15.2 Å². The van der Waals surface area contributed by atoms with Crippen LogP contribution in [0, 0.1) is 0 Å². The quantitative estimate of drug-likeness (QED) is 0.829. The SMILES string of the molecule is COC(=O)c1cccc(NC(=O)CSCc2cccs2)c1.